The van der Waals surface area contributed by atoms with Crippen LogP contribution >= 0.6 is 11.3 Å². The zero-order chi connectivity index (χ0) is 15.7. The van der Waals surface area contributed by atoms with E-state index in [9.17, 15) is 18.0 Å². The van der Waals surface area contributed by atoms with E-state index in [1.807, 2.05) is 0 Å². The quantitative estimate of drug-likeness (QED) is 0.807. The zero-order valence-corrected chi connectivity index (χ0v) is 13.0. The van der Waals surface area contributed by atoms with E-state index >= 15 is 0 Å². The van der Waals surface area contributed by atoms with Crippen molar-refractivity contribution in [2.75, 3.05) is 11.5 Å². The van der Waals surface area contributed by atoms with E-state index in [1.165, 1.54) is 17.4 Å². The second kappa shape index (κ2) is 5.61. The summed E-state index contributed by atoms with van der Waals surface area (Å²) in [6, 6.07) is 1.65. The molecule has 0 bridgehead atoms. The van der Waals surface area contributed by atoms with Gasteiger partial charge in [-0.3, -0.25) is 4.79 Å². The second-order valence-electron chi connectivity index (χ2n) is 5.23. The lowest BCUT2D eigenvalue weighted by Crippen LogP contribution is -2.46. The predicted molar refractivity (Wildman–Crippen MR) is 80.1 cm³/mol. The summed E-state index contributed by atoms with van der Waals surface area (Å²) in [5, 5.41) is 13.1. The van der Waals surface area contributed by atoms with E-state index in [0.29, 0.717) is 16.9 Å². The second-order valence-corrected chi connectivity index (χ2v) is 8.33. The summed E-state index contributed by atoms with van der Waals surface area (Å²) in [7, 11) is -3.10. The maximum atomic E-state index is 12.3. The molecular formula is C13H15NO5S2. The number of hydrogen-bond acceptors (Lipinski definition) is 5. The van der Waals surface area contributed by atoms with Crippen LogP contribution in [0, 0.1) is 0 Å². The Labute approximate surface area is 126 Å². The minimum Gasteiger partial charge on any atom is -0.478 e. The molecule has 0 saturated carbocycles. The minimum absolute atomic E-state index is 0.0694. The summed E-state index contributed by atoms with van der Waals surface area (Å²) in [5.41, 5.74) is -0.266. The standard InChI is InChI=1S/C13H15NO5S2/c1-13(5-7-21(18,19)8-13)14-12(17)11-9(4-6-20-11)2-3-10(15)16/h2-4,6H,5,7-8H2,1H3,(H,14,17)(H,15,16). The lowest BCUT2D eigenvalue weighted by atomic mass is 10.0. The fraction of sp³-hybridized carbons (Fsp3) is 0.385. The van der Waals surface area contributed by atoms with Gasteiger partial charge >= 0.3 is 5.97 Å². The van der Waals surface area contributed by atoms with Gasteiger partial charge in [0.1, 0.15) is 0 Å². The van der Waals surface area contributed by atoms with Gasteiger partial charge < -0.3 is 10.4 Å². The number of carbonyl (C=O) groups excluding carboxylic acids is 1. The van der Waals surface area contributed by atoms with Gasteiger partial charge in [-0.2, -0.15) is 0 Å². The highest BCUT2D eigenvalue weighted by atomic mass is 32.2. The first kappa shape index (κ1) is 15.7. The molecule has 0 aliphatic carbocycles. The average Bonchev–Trinajstić information content (AvgIpc) is 2.91. The van der Waals surface area contributed by atoms with Crippen molar-refractivity contribution in [3.05, 3.63) is 28.0 Å². The number of sulfone groups is 1. The van der Waals surface area contributed by atoms with E-state index in [1.54, 1.807) is 18.4 Å². The molecule has 0 aromatic carbocycles. The maximum absolute atomic E-state index is 12.3. The summed E-state index contributed by atoms with van der Waals surface area (Å²) >= 11 is 1.19. The lowest BCUT2D eigenvalue weighted by molar-refractivity contribution is -0.131. The summed E-state index contributed by atoms with van der Waals surface area (Å²) in [5.74, 6) is -1.48. The van der Waals surface area contributed by atoms with Gasteiger partial charge in [-0.05, 0) is 36.4 Å². The van der Waals surface area contributed by atoms with Gasteiger partial charge in [0.15, 0.2) is 9.84 Å². The minimum atomic E-state index is -3.10. The van der Waals surface area contributed by atoms with E-state index in [4.69, 9.17) is 5.11 Å². The van der Waals surface area contributed by atoms with Crippen LogP contribution < -0.4 is 5.32 Å². The molecule has 0 radical (unpaired) electrons. The number of carboxylic acid groups (broad SMARTS) is 1. The lowest BCUT2D eigenvalue weighted by Gasteiger charge is -2.23. The number of carbonyl (C=O) groups is 2. The van der Waals surface area contributed by atoms with Crippen molar-refractivity contribution in [1.82, 2.24) is 5.32 Å². The molecule has 6 nitrogen and oxygen atoms in total. The first-order valence-corrected chi connectivity index (χ1v) is 8.92. The van der Waals surface area contributed by atoms with Gasteiger partial charge in [0, 0.05) is 6.08 Å². The van der Waals surface area contributed by atoms with Crippen molar-refractivity contribution in [2.24, 2.45) is 0 Å². The van der Waals surface area contributed by atoms with Crippen molar-refractivity contribution in [1.29, 1.82) is 0 Å². The number of nitrogens with one attached hydrogen (secondary N) is 1. The smallest absolute Gasteiger partial charge is 0.328 e. The van der Waals surface area contributed by atoms with Crippen LogP contribution in [0.15, 0.2) is 17.5 Å². The predicted octanol–water partition coefficient (Wildman–Crippen LogP) is 1.15. The van der Waals surface area contributed by atoms with Crippen molar-refractivity contribution < 1.29 is 23.1 Å². The molecule has 21 heavy (non-hydrogen) atoms. The van der Waals surface area contributed by atoms with Crippen LogP contribution in [0.3, 0.4) is 0 Å². The Kier molecular flexibility index (Phi) is 4.20. The topological polar surface area (TPSA) is 101 Å². The highest BCUT2D eigenvalue weighted by Gasteiger charge is 2.39. The van der Waals surface area contributed by atoms with E-state index < -0.39 is 21.3 Å². The van der Waals surface area contributed by atoms with Crippen molar-refractivity contribution >= 4 is 39.1 Å². The highest BCUT2D eigenvalue weighted by molar-refractivity contribution is 7.91. The van der Waals surface area contributed by atoms with Crippen molar-refractivity contribution in [3.63, 3.8) is 0 Å². The summed E-state index contributed by atoms with van der Waals surface area (Å²) in [6.07, 6.45) is 2.69. The number of rotatable bonds is 4. The third-order valence-electron chi connectivity index (χ3n) is 3.23. The summed E-state index contributed by atoms with van der Waals surface area (Å²) in [4.78, 5) is 23.2. The molecule has 0 spiro atoms. The first-order valence-electron chi connectivity index (χ1n) is 6.22. The molecule has 8 heteroatoms. The number of hydrogen-bond donors (Lipinski definition) is 2. The van der Waals surface area contributed by atoms with Gasteiger partial charge in [0.25, 0.3) is 5.91 Å². The molecule has 1 fully saturated rings. The Bertz CT molecular complexity index is 704. The molecule has 1 unspecified atom stereocenters. The molecule has 1 aliphatic rings. The Morgan fingerprint density at radius 2 is 2.19 bits per heavy atom. The van der Waals surface area contributed by atoms with Crippen LogP contribution in [0.4, 0.5) is 0 Å². The van der Waals surface area contributed by atoms with Crippen LogP contribution in [0.5, 0.6) is 0 Å². The molecular weight excluding hydrogens is 314 g/mol. The SMILES string of the molecule is CC1(NC(=O)c2sccc2C=CC(=O)O)CCS(=O)(=O)C1. The molecule has 1 aromatic heterocycles. The summed E-state index contributed by atoms with van der Waals surface area (Å²) in [6.45, 7) is 1.70. The molecule has 1 saturated heterocycles. The van der Waals surface area contributed by atoms with Crippen molar-refractivity contribution in [2.45, 2.75) is 18.9 Å². The fourth-order valence-corrected chi connectivity index (χ4v) is 5.11. The van der Waals surface area contributed by atoms with Gasteiger partial charge in [0.05, 0.1) is 21.9 Å². The third-order valence-corrected chi connectivity index (χ3v) is 6.06. The first-order chi connectivity index (χ1) is 9.71. The average molecular weight is 329 g/mol. The molecule has 2 N–H and O–H groups in total. The Morgan fingerprint density at radius 3 is 2.76 bits per heavy atom. The van der Waals surface area contributed by atoms with Gasteiger partial charge in [0.2, 0.25) is 0 Å². The molecule has 114 valence electrons. The van der Waals surface area contributed by atoms with Crippen molar-refractivity contribution in [3.8, 4) is 0 Å². The monoisotopic (exact) mass is 329 g/mol. The zero-order valence-electron chi connectivity index (χ0n) is 11.3. The van der Waals surface area contributed by atoms with Gasteiger partial charge in [-0.25, -0.2) is 13.2 Å². The van der Waals surface area contributed by atoms with Crippen LogP contribution in [0.25, 0.3) is 6.08 Å². The Morgan fingerprint density at radius 1 is 1.48 bits per heavy atom. The number of carboxylic acids is 1. The summed E-state index contributed by atoms with van der Waals surface area (Å²) < 4.78 is 23.1. The number of aliphatic carboxylic acids is 1. The Hall–Kier alpha value is -1.67. The van der Waals surface area contributed by atoms with E-state index in [0.717, 1.165) is 6.08 Å². The molecule has 1 atom stereocenters. The fourth-order valence-electron chi connectivity index (χ4n) is 2.24. The van der Waals surface area contributed by atoms with Gasteiger partial charge in [-0.15, -0.1) is 11.3 Å². The maximum Gasteiger partial charge on any atom is 0.328 e. The van der Waals surface area contributed by atoms with E-state index in [2.05, 4.69) is 5.32 Å². The number of amides is 1. The molecule has 1 aromatic rings. The van der Waals surface area contributed by atoms with Crippen LogP contribution in [0.2, 0.25) is 0 Å². The van der Waals surface area contributed by atoms with E-state index in [-0.39, 0.29) is 17.4 Å². The number of thiophene rings is 1. The highest BCUT2D eigenvalue weighted by Crippen LogP contribution is 2.25. The van der Waals surface area contributed by atoms with Crippen LogP contribution in [-0.2, 0) is 14.6 Å². The van der Waals surface area contributed by atoms with Crippen LogP contribution in [-0.4, -0.2) is 42.4 Å². The van der Waals surface area contributed by atoms with Gasteiger partial charge in [-0.1, -0.05) is 0 Å². The molecule has 1 aliphatic heterocycles. The largest absolute Gasteiger partial charge is 0.478 e. The Balaban J connectivity index is 2.15. The van der Waals surface area contributed by atoms with Crippen LogP contribution in [0.1, 0.15) is 28.6 Å². The third kappa shape index (κ3) is 3.92. The molecule has 1 amide bonds. The molecule has 2 rings (SSSR count). The molecule has 2 heterocycles. The normalized spacial score (nSPS) is 24.2.